The average molecular weight is 366 g/mol. The van der Waals surface area contributed by atoms with Gasteiger partial charge in [0.2, 0.25) is 0 Å². The van der Waals surface area contributed by atoms with E-state index in [1.165, 1.54) is 11.3 Å². The van der Waals surface area contributed by atoms with Crippen LogP contribution in [0, 0.1) is 19.8 Å². The Morgan fingerprint density at radius 3 is 2.67 bits per heavy atom. The first-order valence-electron chi connectivity index (χ1n) is 8.03. The van der Waals surface area contributed by atoms with Crippen LogP contribution in [0.4, 0.5) is 0 Å². The number of nitrogens with zero attached hydrogens (tertiary/aromatic N) is 3. The minimum atomic E-state index is 0.0363. The largest absolute Gasteiger partial charge is 0.338 e. The van der Waals surface area contributed by atoms with Crippen molar-refractivity contribution < 1.29 is 4.79 Å². The zero-order valence-corrected chi connectivity index (χ0v) is 15.4. The molecule has 1 saturated heterocycles. The Balaban J connectivity index is 1.60. The third-order valence-electron chi connectivity index (χ3n) is 4.66. The van der Waals surface area contributed by atoms with Crippen LogP contribution in [0.5, 0.6) is 0 Å². The van der Waals surface area contributed by atoms with Gasteiger partial charge in [0, 0.05) is 30.9 Å². The van der Waals surface area contributed by atoms with Gasteiger partial charge in [0.25, 0.3) is 11.5 Å². The van der Waals surface area contributed by atoms with Gasteiger partial charge in [-0.1, -0.05) is 11.6 Å². The van der Waals surface area contributed by atoms with E-state index in [9.17, 15) is 9.59 Å². The number of carbonyl (C=O) groups is 1. The second-order valence-corrected chi connectivity index (χ2v) is 7.97. The molecule has 0 bridgehead atoms. The number of rotatable bonds is 3. The minimum absolute atomic E-state index is 0.0363. The van der Waals surface area contributed by atoms with Crippen molar-refractivity contribution in [3.63, 3.8) is 0 Å². The van der Waals surface area contributed by atoms with Crippen molar-refractivity contribution in [3.8, 4) is 0 Å². The maximum atomic E-state index is 12.4. The summed E-state index contributed by atoms with van der Waals surface area (Å²) >= 11 is 7.22. The molecule has 0 saturated carbocycles. The molecule has 0 aliphatic carbocycles. The number of hydrogen-bond acceptors (Lipinski definition) is 4. The van der Waals surface area contributed by atoms with Crippen molar-refractivity contribution in [1.29, 1.82) is 0 Å². The standard InChI is InChI=1S/C17H20ClN3O2S/c1-11-12(2)19-10-21(16(11)22)9-13-5-7-20(8-6-13)17(23)14-3-4-15(18)24-14/h3-4,10,13H,5-9H2,1-2H3. The van der Waals surface area contributed by atoms with Crippen LogP contribution in [0.15, 0.2) is 23.3 Å². The lowest BCUT2D eigenvalue weighted by Crippen LogP contribution is -2.40. The van der Waals surface area contributed by atoms with Crippen LogP contribution < -0.4 is 5.56 Å². The number of aromatic nitrogens is 2. The van der Waals surface area contributed by atoms with E-state index in [1.807, 2.05) is 18.7 Å². The van der Waals surface area contributed by atoms with Crippen LogP contribution >= 0.6 is 22.9 Å². The van der Waals surface area contributed by atoms with Crippen LogP contribution in [0.3, 0.4) is 0 Å². The van der Waals surface area contributed by atoms with Crippen LogP contribution in [0.25, 0.3) is 0 Å². The molecular weight excluding hydrogens is 346 g/mol. The first kappa shape index (κ1) is 17.2. The highest BCUT2D eigenvalue weighted by Gasteiger charge is 2.25. The molecule has 2 aromatic rings. The van der Waals surface area contributed by atoms with Crippen molar-refractivity contribution in [2.24, 2.45) is 5.92 Å². The molecule has 1 fully saturated rings. The Morgan fingerprint density at radius 1 is 1.33 bits per heavy atom. The molecule has 0 N–H and O–H groups in total. The number of carbonyl (C=O) groups excluding carboxylic acids is 1. The number of piperidine rings is 1. The van der Waals surface area contributed by atoms with E-state index < -0.39 is 0 Å². The summed E-state index contributed by atoms with van der Waals surface area (Å²) in [7, 11) is 0. The second kappa shape index (κ2) is 7.07. The number of amides is 1. The van der Waals surface area contributed by atoms with Gasteiger partial charge in [-0.05, 0) is 44.7 Å². The molecule has 0 atom stereocenters. The Bertz CT molecular complexity index is 806. The Labute approximate surface area is 149 Å². The smallest absolute Gasteiger partial charge is 0.263 e. The number of likely N-dealkylation sites (tertiary alicyclic amines) is 1. The Kier molecular flexibility index (Phi) is 5.06. The van der Waals surface area contributed by atoms with Gasteiger partial charge in [0.1, 0.15) is 0 Å². The van der Waals surface area contributed by atoms with E-state index in [4.69, 9.17) is 11.6 Å². The average Bonchev–Trinajstić information content (AvgIpc) is 3.02. The SMILES string of the molecule is Cc1ncn(CC2CCN(C(=O)c3ccc(Cl)s3)CC2)c(=O)c1C. The van der Waals surface area contributed by atoms with Gasteiger partial charge < -0.3 is 4.90 Å². The van der Waals surface area contributed by atoms with Crippen molar-refractivity contribution in [3.05, 3.63) is 49.3 Å². The summed E-state index contributed by atoms with van der Waals surface area (Å²) in [6.07, 6.45) is 3.42. The van der Waals surface area contributed by atoms with Gasteiger partial charge >= 0.3 is 0 Å². The van der Waals surface area contributed by atoms with Gasteiger partial charge in [0.05, 0.1) is 15.5 Å². The maximum Gasteiger partial charge on any atom is 0.263 e. The number of thiophene rings is 1. The summed E-state index contributed by atoms with van der Waals surface area (Å²) < 4.78 is 2.33. The molecule has 1 aliphatic rings. The molecule has 1 amide bonds. The highest BCUT2D eigenvalue weighted by molar-refractivity contribution is 7.17. The van der Waals surface area contributed by atoms with E-state index in [1.54, 1.807) is 23.0 Å². The maximum absolute atomic E-state index is 12.4. The Hall–Kier alpha value is -1.66. The predicted octanol–water partition coefficient (Wildman–Crippen LogP) is 3.13. The molecule has 0 radical (unpaired) electrons. The zero-order valence-electron chi connectivity index (χ0n) is 13.8. The van der Waals surface area contributed by atoms with E-state index in [2.05, 4.69) is 4.98 Å². The molecule has 3 heterocycles. The van der Waals surface area contributed by atoms with E-state index in [0.29, 0.717) is 40.3 Å². The molecule has 3 rings (SSSR count). The number of aryl methyl sites for hydroxylation is 1. The molecule has 24 heavy (non-hydrogen) atoms. The lowest BCUT2D eigenvalue weighted by molar-refractivity contribution is 0.0687. The molecule has 0 spiro atoms. The fraction of sp³-hybridized carbons (Fsp3) is 0.471. The first-order chi connectivity index (χ1) is 11.5. The molecule has 7 heteroatoms. The first-order valence-corrected chi connectivity index (χ1v) is 9.22. The van der Waals surface area contributed by atoms with Crippen molar-refractivity contribution in [2.75, 3.05) is 13.1 Å². The Morgan fingerprint density at radius 2 is 2.04 bits per heavy atom. The van der Waals surface area contributed by atoms with Gasteiger partial charge in [-0.2, -0.15) is 0 Å². The summed E-state index contributed by atoms with van der Waals surface area (Å²) in [6.45, 7) is 5.76. The van der Waals surface area contributed by atoms with Crippen LogP contribution in [-0.4, -0.2) is 33.4 Å². The zero-order chi connectivity index (χ0) is 17.3. The van der Waals surface area contributed by atoms with E-state index >= 15 is 0 Å². The number of halogens is 1. The number of hydrogen-bond donors (Lipinski definition) is 0. The normalized spacial score (nSPS) is 15.7. The molecule has 1 aliphatic heterocycles. The van der Waals surface area contributed by atoms with Gasteiger partial charge in [-0.15, -0.1) is 11.3 Å². The lowest BCUT2D eigenvalue weighted by atomic mass is 9.96. The van der Waals surface area contributed by atoms with Crippen LogP contribution in [-0.2, 0) is 6.54 Å². The summed E-state index contributed by atoms with van der Waals surface area (Å²) in [5.74, 6) is 0.443. The van der Waals surface area contributed by atoms with Crippen LogP contribution in [0.1, 0.15) is 33.8 Å². The monoisotopic (exact) mass is 365 g/mol. The molecule has 2 aromatic heterocycles. The lowest BCUT2D eigenvalue weighted by Gasteiger charge is -2.32. The van der Waals surface area contributed by atoms with E-state index in [0.717, 1.165) is 18.5 Å². The minimum Gasteiger partial charge on any atom is -0.338 e. The highest BCUT2D eigenvalue weighted by atomic mass is 35.5. The summed E-state index contributed by atoms with van der Waals surface area (Å²) in [5, 5.41) is 0. The third kappa shape index (κ3) is 3.54. The molecule has 0 unspecified atom stereocenters. The second-order valence-electron chi connectivity index (χ2n) is 6.25. The molecule has 128 valence electrons. The van der Waals surface area contributed by atoms with Gasteiger partial charge in [-0.25, -0.2) is 4.98 Å². The topological polar surface area (TPSA) is 55.2 Å². The summed E-state index contributed by atoms with van der Waals surface area (Å²) in [5.41, 5.74) is 1.53. The van der Waals surface area contributed by atoms with E-state index in [-0.39, 0.29) is 11.5 Å². The van der Waals surface area contributed by atoms with Gasteiger partial charge in [0.15, 0.2) is 0 Å². The van der Waals surface area contributed by atoms with Crippen molar-refractivity contribution >= 4 is 28.8 Å². The van der Waals surface area contributed by atoms with Gasteiger partial charge in [-0.3, -0.25) is 14.2 Å². The van der Waals surface area contributed by atoms with Crippen molar-refractivity contribution in [1.82, 2.24) is 14.5 Å². The summed E-state index contributed by atoms with van der Waals surface area (Å²) in [6, 6.07) is 3.53. The fourth-order valence-electron chi connectivity index (χ4n) is 2.99. The predicted molar refractivity (Wildman–Crippen MR) is 95.9 cm³/mol. The van der Waals surface area contributed by atoms with Crippen molar-refractivity contribution in [2.45, 2.75) is 33.2 Å². The summed E-state index contributed by atoms with van der Waals surface area (Å²) in [4.78, 5) is 31.5. The molecule has 5 nitrogen and oxygen atoms in total. The third-order valence-corrected chi connectivity index (χ3v) is 5.87. The highest BCUT2D eigenvalue weighted by Crippen LogP contribution is 2.25. The van der Waals surface area contributed by atoms with Crippen LogP contribution in [0.2, 0.25) is 4.34 Å². The fourth-order valence-corrected chi connectivity index (χ4v) is 4.00. The quantitative estimate of drug-likeness (QED) is 0.839. The molecular formula is C17H20ClN3O2S. The molecule has 0 aromatic carbocycles.